The Kier molecular flexibility index (Phi) is 4.50. The normalized spacial score (nSPS) is 11.3. The van der Waals surface area contributed by atoms with Gasteiger partial charge in [-0.2, -0.15) is 0 Å². The number of anilines is 2. The van der Waals surface area contributed by atoms with Gasteiger partial charge in [0.1, 0.15) is 4.90 Å². The summed E-state index contributed by atoms with van der Waals surface area (Å²) in [7, 11) is -3.75. The quantitative estimate of drug-likeness (QED) is 0.826. The maximum absolute atomic E-state index is 11.7. The molecule has 0 heterocycles. The fraction of sp³-hybridized carbons (Fsp3) is 0.200. The minimum absolute atomic E-state index is 0.141. The summed E-state index contributed by atoms with van der Waals surface area (Å²) in [5.41, 5.74) is 8.04. The molecular formula is C15H19N3O2S. The summed E-state index contributed by atoms with van der Waals surface area (Å²) in [6, 6.07) is 14.3. The smallest absolute Gasteiger partial charge is 0.240 e. The lowest BCUT2D eigenvalue weighted by atomic mass is 10.2. The van der Waals surface area contributed by atoms with Gasteiger partial charge in [-0.15, -0.1) is 0 Å². The van der Waals surface area contributed by atoms with Crippen molar-refractivity contribution in [1.82, 2.24) is 0 Å². The van der Waals surface area contributed by atoms with Crippen molar-refractivity contribution < 1.29 is 8.42 Å². The first kappa shape index (κ1) is 15.3. The third-order valence-electron chi connectivity index (χ3n) is 3.25. The summed E-state index contributed by atoms with van der Waals surface area (Å²) in [4.78, 5) is 2.10. The topological polar surface area (TPSA) is 89.4 Å². The fourth-order valence-electron chi connectivity index (χ4n) is 2.17. The van der Waals surface area contributed by atoms with Gasteiger partial charge in [-0.25, -0.2) is 13.6 Å². The molecule has 0 aliphatic carbocycles. The zero-order valence-corrected chi connectivity index (χ0v) is 12.7. The highest BCUT2D eigenvalue weighted by molar-refractivity contribution is 7.89. The van der Waals surface area contributed by atoms with Gasteiger partial charge in [0.15, 0.2) is 0 Å². The first-order valence-corrected chi connectivity index (χ1v) is 8.17. The molecule has 2 aromatic rings. The van der Waals surface area contributed by atoms with Crippen molar-refractivity contribution in [3.05, 3.63) is 54.1 Å². The predicted molar refractivity (Wildman–Crippen MR) is 85.4 cm³/mol. The highest BCUT2D eigenvalue weighted by atomic mass is 32.2. The summed E-state index contributed by atoms with van der Waals surface area (Å²) >= 11 is 0. The molecule has 0 fully saturated rings. The predicted octanol–water partition coefficient (Wildman–Crippen LogP) is 1.94. The molecule has 2 rings (SSSR count). The van der Waals surface area contributed by atoms with Crippen LogP contribution < -0.4 is 15.8 Å². The van der Waals surface area contributed by atoms with Crippen LogP contribution in [0.25, 0.3) is 0 Å². The molecule has 2 aromatic carbocycles. The first-order chi connectivity index (χ1) is 9.91. The number of nitrogens with two attached hydrogens (primary N) is 2. The van der Waals surface area contributed by atoms with Crippen LogP contribution in [0.5, 0.6) is 0 Å². The average molecular weight is 305 g/mol. The zero-order valence-electron chi connectivity index (χ0n) is 11.9. The van der Waals surface area contributed by atoms with E-state index >= 15 is 0 Å². The van der Waals surface area contributed by atoms with Crippen LogP contribution in [-0.4, -0.2) is 15.0 Å². The fourth-order valence-corrected chi connectivity index (χ4v) is 2.93. The van der Waals surface area contributed by atoms with Crippen molar-refractivity contribution in [3.63, 3.8) is 0 Å². The molecule has 112 valence electrons. The standard InChI is InChI=1S/C15H19N3O2S/c1-2-18(11-12-7-9-13(16)10-8-12)14-5-3-4-6-15(14)21(17,19)20/h3-10H,2,11,16H2,1H3,(H2,17,19,20). The van der Waals surface area contributed by atoms with Crippen molar-refractivity contribution in [2.24, 2.45) is 5.14 Å². The molecule has 4 N–H and O–H groups in total. The van der Waals surface area contributed by atoms with Crippen LogP contribution in [0, 0.1) is 0 Å². The highest BCUT2D eigenvalue weighted by Gasteiger charge is 2.17. The number of rotatable bonds is 5. The average Bonchev–Trinajstić information content (AvgIpc) is 2.46. The van der Waals surface area contributed by atoms with Crippen LogP contribution >= 0.6 is 0 Å². The Morgan fingerprint density at radius 3 is 2.24 bits per heavy atom. The summed E-state index contributed by atoms with van der Waals surface area (Å²) in [5.74, 6) is 0. The van der Waals surface area contributed by atoms with Crippen molar-refractivity contribution in [1.29, 1.82) is 0 Å². The van der Waals surface area contributed by atoms with Crippen molar-refractivity contribution in [3.8, 4) is 0 Å². The SMILES string of the molecule is CCN(Cc1ccc(N)cc1)c1ccccc1S(N)(=O)=O. The van der Waals surface area contributed by atoms with E-state index in [1.807, 2.05) is 36.1 Å². The Morgan fingerprint density at radius 1 is 1.05 bits per heavy atom. The molecule has 21 heavy (non-hydrogen) atoms. The van der Waals surface area contributed by atoms with E-state index in [0.717, 1.165) is 5.56 Å². The molecule has 6 heteroatoms. The van der Waals surface area contributed by atoms with Gasteiger partial charge >= 0.3 is 0 Å². The molecule has 5 nitrogen and oxygen atoms in total. The second-order valence-corrected chi connectivity index (χ2v) is 6.30. The Bertz CT molecular complexity index is 712. The van der Waals surface area contributed by atoms with E-state index < -0.39 is 10.0 Å². The second-order valence-electron chi connectivity index (χ2n) is 4.77. The molecule has 0 unspecified atom stereocenters. The van der Waals surface area contributed by atoms with Gasteiger partial charge < -0.3 is 10.6 Å². The maximum Gasteiger partial charge on any atom is 0.240 e. The number of para-hydroxylation sites is 1. The number of nitrogens with zero attached hydrogens (tertiary/aromatic N) is 1. The van der Waals surface area contributed by atoms with Gasteiger partial charge in [-0.1, -0.05) is 24.3 Å². The Balaban J connectivity index is 2.36. The Hall–Kier alpha value is -2.05. The second kappa shape index (κ2) is 6.15. The Morgan fingerprint density at radius 2 is 1.67 bits per heavy atom. The van der Waals surface area contributed by atoms with Crippen molar-refractivity contribution in [2.45, 2.75) is 18.4 Å². The molecule has 0 saturated heterocycles. The number of sulfonamides is 1. The van der Waals surface area contributed by atoms with Crippen LogP contribution in [0.2, 0.25) is 0 Å². The largest absolute Gasteiger partial charge is 0.399 e. The maximum atomic E-state index is 11.7. The van der Waals surface area contributed by atoms with Crippen LogP contribution in [0.15, 0.2) is 53.4 Å². The molecule has 0 spiro atoms. The minimum atomic E-state index is -3.75. The summed E-state index contributed by atoms with van der Waals surface area (Å²) in [6.07, 6.45) is 0. The van der Waals surface area contributed by atoms with E-state index in [4.69, 9.17) is 10.9 Å². The number of benzene rings is 2. The van der Waals surface area contributed by atoms with E-state index in [1.54, 1.807) is 18.2 Å². The molecule has 0 aliphatic heterocycles. The first-order valence-electron chi connectivity index (χ1n) is 6.63. The van der Waals surface area contributed by atoms with Gasteiger partial charge in [-0.3, -0.25) is 0 Å². The van der Waals surface area contributed by atoms with Gasteiger partial charge in [-0.05, 0) is 36.8 Å². The molecule has 0 atom stereocenters. The molecule has 0 saturated carbocycles. The lowest BCUT2D eigenvalue weighted by Crippen LogP contribution is -2.25. The number of hydrogen-bond acceptors (Lipinski definition) is 4. The number of hydrogen-bond donors (Lipinski definition) is 2. The van der Waals surface area contributed by atoms with Gasteiger partial charge in [0.2, 0.25) is 10.0 Å². The van der Waals surface area contributed by atoms with Crippen LogP contribution in [0.4, 0.5) is 11.4 Å². The van der Waals surface area contributed by atoms with Crippen molar-refractivity contribution >= 4 is 21.4 Å². The molecule has 0 bridgehead atoms. The van der Waals surface area contributed by atoms with Crippen LogP contribution in [0.1, 0.15) is 12.5 Å². The van der Waals surface area contributed by atoms with Gasteiger partial charge in [0.05, 0.1) is 5.69 Å². The monoisotopic (exact) mass is 305 g/mol. The zero-order chi connectivity index (χ0) is 15.5. The van der Waals surface area contributed by atoms with E-state index in [-0.39, 0.29) is 4.90 Å². The third-order valence-corrected chi connectivity index (χ3v) is 4.21. The highest BCUT2D eigenvalue weighted by Crippen LogP contribution is 2.25. The summed E-state index contributed by atoms with van der Waals surface area (Å²) in [6.45, 7) is 3.22. The molecular weight excluding hydrogens is 286 g/mol. The lowest BCUT2D eigenvalue weighted by Gasteiger charge is -2.25. The number of primary sulfonamides is 1. The van der Waals surface area contributed by atoms with Crippen LogP contribution in [0.3, 0.4) is 0 Å². The van der Waals surface area contributed by atoms with Gasteiger partial charge in [0.25, 0.3) is 0 Å². The van der Waals surface area contributed by atoms with Crippen LogP contribution in [-0.2, 0) is 16.6 Å². The Labute approximate surface area is 125 Å². The number of nitrogen functional groups attached to an aromatic ring is 1. The minimum Gasteiger partial charge on any atom is -0.399 e. The van der Waals surface area contributed by atoms with Crippen molar-refractivity contribution in [2.75, 3.05) is 17.2 Å². The third kappa shape index (κ3) is 3.74. The van der Waals surface area contributed by atoms with Gasteiger partial charge in [0, 0.05) is 18.8 Å². The van der Waals surface area contributed by atoms with E-state index in [2.05, 4.69) is 0 Å². The summed E-state index contributed by atoms with van der Waals surface area (Å²) < 4.78 is 23.4. The molecule has 0 radical (unpaired) electrons. The molecule has 0 aliphatic rings. The lowest BCUT2D eigenvalue weighted by molar-refractivity contribution is 0.597. The van der Waals surface area contributed by atoms with E-state index in [0.29, 0.717) is 24.5 Å². The molecule has 0 amide bonds. The summed E-state index contributed by atoms with van der Waals surface area (Å²) in [5, 5.41) is 5.29. The van der Waals surface area contributed by atoms with E-state index in [1.165, 1.54) is 6.07 Å². The van der Waals surface area contributed by atoms with E-state index in [9.17, 15) is 8.42 Å². The molecule has 0 aromatic heterocycles.